The van der Waals surface area contributed by atoms with Gasteiger partial charge in [-0.05, 0) is 17.7 Å². The number of hydrogen-bond acceptors (Lipinski definition) is 4. The molecule has 1 heterocycles. The van der Waals surface area contributed by atoms with Crippen LogP contribution in [0.25, 0.3) is 11.1 Å². The van der Waals surface area contributed by atoms with Crippen molar-refractivity contribution in [3.05, 3.63) is 30.0 Å². The highest BCUT2D eigenvalue weighted by Gasteiger charge is 2.21. The SMILES string of the molecule is COc1cccc(-c2c(C(=O)O)nn(C)c2N)c1. The Morgan fingerprint density at radius 1 is 1.50 bits per heavy atom. The highest BCUT2D eigenvalue weighted by molar-refractivity contribution is 5.97. The van der Waals surface area contributed by atoms with Gasteiger partial charge in [-0.15, -0.1) is 0 Å². The predicted octanol–water partition coefficient (Wildman–Crippen LogP) is 1.38. The molecule has 0 spiro atoms. The van der Waals surface area contributed by atoms with Gasteiger partial charge in [-0.1, -0.05) is 12.1 Å². The summed E-state index contributed by atoms with van der Waals surface area (Å²) in [4.78, 5) is 11.2. The summed E-state index contributed by atoms with van der Waals surface area (Å²) in [6.07, 6.45) is 0. The Hall–Kier alpha value is -2.50. The first-order valence-electron chi connectivity index (χ1n) is 5.24. The summed E-state index contributed by atoms with van der Waals surface area (Å²) < 4.78 is 6.45. The summed E-state index contributed by atoms with van der Waals surface area (Å²) in [6.45, 7) is 0. The molecule has 0 atom stereocenters. The Kier molecular flexibility index (Phi) is 2.93. The molecular formula is C12H13N3O3. The Bertz CT molecular complexity index is 605. The summed E-state index contributed by atoms with van der Waals surface area (Å²) in [5.41, 5.74) is 6.87. The smallest absolute Gasteiger partial charge is 0.357 e. The van der Waals surface area contributed by atoms with Crippen LogP contribution >= 0.6 is 0 Å². The minimum Gasteiger partial charge on any atom is -0.497 e. The maximum atomic E-state index is 11.2. The van der Waals surface area contributed by atoms with E-state index in [2.05, 4.69) is 5.10 Å². The molecule has 0 bridgehead atoms. The average molecular weight is 247 g/mol. The molecule has 0 aliphatic rings. The zero-order valence-electron chi connectivity index (χ0n) is 10.0. The van der Waals surface area contributed by atoms with Gasteiger partial charge in [0.1, 0.15) is 11.6 Å². The van der Waals surface area contributed by atoms with Crippen molar-refractivity contribution in [2.45, 2.75) is 0 Å². The molecule has 2 aromatic rings. The lowest BCUT2D eigenvalue weighted by molar-refractivity contribution is 0.0690. The number of methoxy groups -OCH3 is 1. The van der Waals surface area contributed by atoms with Crippen molar-refractivity contribution >= 4 is 11.8 Å². The van der Waals surface area contributed by atoms with E-state index >= 15 is 0 Å². The molecule has 0 amide bonds. The van der Waals surface area contributed by atoms with Crippen LogP contribution in [0.1, 0.15) is 10.5 Å². The molecule has 2 rings (SSSR count). The van der Waals surface area contributed by atoms with Gasteiger partial charge < -0.3 is 15.6 Å². The number of anilines is 1. The standard InChI is InChI=1S/C12H13N3O3/c1-15-11(13)9(10(14-15)12(16)17)7-4-3-5-8(6-7)18-2/h3-6H,13H2,1-2H3,(H,16,17). The fourth-order valence-electron chi connectivity index (χ4n) is 1.75. The Labute approximate surface area is 104 Å². The lowest BCUT2D eigenvalue weighted by Crippen LogP contribution is -2.00. The molecule has 0 aliphatic heterocycles. The summed E-state index contributed by atoms with van der Waals surface area (Å²) in [6, 6.07) is 7.03. The molecule has 0 aliphatic carbocycles. The van der Waals surface area contributed by atoms with Crippen LogP contribution in [0.4, 0.5) is 5.82 Å². The van der Waals surface area contributed by atoms with Crippen LogP contribution in [0.5, 0.6) is 5.75 Å². The number of ether oxygens (including phenoxy) is 1. The molecule has 6 heteroatoms. The molecule has 3 N–H and O–H groups in total. The third-order valence-corrected chi connectivity index (χ3v) is 2.65. The molecule has 0 saturated carbocycles. The van der Waals surface area contributed by atoms with E-state index in [1.165, 1.54) is 4.68 Å². The number of nitrogens with zero attached hydrogens (tertiary/aromatic N) is 2. The average Bonchev–Trinajstić information content (AvgIpc) is 2.66. The van der Waals surface area contributed by atoms with Crippen molar-refractivity contribution in [3.63, 3.8) is 0 Å². The van der Waals surface area contributed by atoms with Crippen LogP contribution in [-0.4, -0.2) is 28.0 Å². The second kappa shape index (κ2) is 4.40. The van der Waals surface area contributed by atoms with Gasteiger partial charge in [0.05, 0.1) is 12.7 Å². The minimum absolute atomic E-state index is 0.0664. The van der Waals surface area contributed by atoms with Crippen molar-refractivity contribution in [1.29, 1.82) is 0 Å². The van der Waals surface area contributed by atoms with Gasteiger partial charge in [-0.2, -0.15) is 5.10 Å². The number of benzene rings is 1. The van der Waals surface area contributed by atoms with Crippen molar-refractivity contribution in [2.24, 2.45) is 7.05 Å². The van der Waals surface area contributed by atoms with Crippen LogP contribution in [0, 0.1) is 0 Å². The van der Waals surface area contributed by atoms with E-state index in [0.717, 1.165) is 0 Å². The van der Waals surface area contributed by atoms with Crippen LogP contribution < -0.4 is 10.5 Å². The van der Waals surface area contributed by atoms with E-state index in [0.29, 0.717) is 22.7 Å². The first-order valence-corrected chi connectivity index (χ1v) is 5.24. The first-order chi connectivity index (χ1) is 8.54. The molecule has 1 aromatic carbocycles. The van der Waals surface area contributed by atoms with Gasteiger partial charge in [-0.3, -0.25) is 4.68 Å². The molecule has 1 aromatic heterocycles. The van der Waals surface area contributed by atoms with Crippen LogP contribution in [0.3, 0.4) is 0 Å². The fraction of sp³-hybridized carbons (Fsp3) is 0.167. The van der Waals surface area contributed by atoms with Crippen molar-refractivity contribution in [2.75, 3.05) is 12.8 Å². The second-order valence-corrected chi connectivity index (χ2v) is 3.77. The molecular weight excluding hydrogens is 234 g/mol. The zero-order valence-corrected chi connectivity index (χ0v) is 10.0. The maximum absolute atomic E-state index is 11.2. The number of aromatic carboxylic acids is 1. The number of rotatable bonds is 3. The number of carbonyl (C=O) groups is 1. The van der Waals surface area contributed by atoms with Crippen molar-refractivity contribution in [1.82, 2.24) is 9.78 Å². The highest BCUT2D eigenvalue weighted by Crippen LogP contribution is 2.31. The van der Waals surface area contributed by atoms with Crippen LogP contribution in [-0.2, 0) is 7.05 Å². The van der Waals surface area contributed by atoms with Gasteiger partial charge in [-0.25, -0.2) is 4.79 Å². The summed E-state index contributed by atoms with van der Waals surface area (Å²) in [5.74, 6) is -0.173. The lowest BCUT2D eigenvalue weighted by atomic mass is 10.1. The molecule has 0 radical (unpaired) electrons. The number of nitrogen functional groups attached to an aromatic ring is 1. The Morgan fingerprint density at radius 3 is 2.83 bits per heavy atom. The lowest BCUT2D eigenvalue weighted by Gasteiger charge is -2.04. The van der Waals surface area contributed by atoms with Gasteiger partial charge in [0.15, 0.2) is 5.69 Å². The Balaban J connectivity index is 2.65. The molecule has 0 fully saturated rings. The molecule has 6 nitrogen and oxygen atoms in total. The van der Waals surface area contributed by atoms with E-state index in [9.17, 15) is 4.79 Å². The number of aryl methyl sites for hydroxylation is 1. The molecule has 0 unspecified atom stereocenters. The van der Waals surface area contributed by atoms with Crippen LogP contribution in [0.2, 0.25) is 0 Å². The van der Waals surface area contributed by atoms with Gasteiger partial charge in [0.25, 0.3) is 0 Å². The van der Waals surface area contributed by atoms with E-state index in [1.807, 2.05) is 0 Å². The van der Waals surface area contributed by atoms with E-state index in [1.54, 1.807) is 38.4 Å². The number of carboxylic acid groups (broad SMARTS) is 1. The maximum Gasteiger partial charge on any atom is 0.357 e. The third-order valence-electron chi connectivity index (χ3n) is 2.65. The quantitative estimate of drug-likeness (QED) is 0.855. The molecule has 18 heavy (non-hydrogen) atoms. The van der Waals surface area contributed by atoms with Crippen molar-refractivity contribution in [3.8, 4) is 16.9 Å². The van der Waals surface area contributed by atoms with Gasteiger partial charge in [0.2, 0.25) is 0 Å². The zero-order chi connectivity index (χ0) is 13.3. The minimum atomic E-state index is -1.11. The topological polar surface area (TPSA) is 90.4 Å². The van der Waals surface area contributed by atoms with Gasteiger partial charge in [0, 0.05) is 7.05 Å². The summed E-state index contributed by atoms with van der Waals surface area (Å²) >= 11 is 0. The number of aromatic nitrogens is 2. The number of nitrogens with two attached hydrogens (primary N) is 1. The predicted molar refractivity (Wildman–Crippen MR) is 66.6 cm³/mol. The van der Waals surface area contributed by atoms with E-state index in [-0.39, 0.29) is 5.69 Å². The van der Waals surface area contributed by atoms with E-state index < -0.39 is 5.97 Å². The molecule has 94 valence electrons. The normalized spacial score (nSPS) is 10.3. The fourth-order valence-corrected chi connectivity index (χ4v) is 1.75. The third kappa shape index (κ3) is 1.88. The molecule has 0 saturated heterocycles. The summed E-state index contributed by atoms with van der Waals surface area (Å²) in [5, 5.41) is 13.0. The largest absolute Gasteiger partial charge is 0.497 e. The number of carboxylic acids is 1. The van der Waals surface area contributed by atoms with Crippen LogP contribution in [0.15, 0.2) is 24.3 Å². The van der Waals surface area contributed by atoms with Crippen molar-refractivity contribution < 1.29 is 14.6 Å². The second-order valence-electron chi connectivity index (χ2n) is 3.77. The highest BCUT2D eigenvalue weighted by atomic mass is 16.5. The Morgan fingerprint density at radius 2 is 2.22 bits per heavy atom. The monoisotopic (exact) mass is 247 g/mol. The van der Waals surface area contributed by atoms with Gasteiger partial charge >= 0.3 is 5.97 Å². The summed E-state index contributed by atoms with van der Waals surface area (Å²) in [7, 11) is 3.15. The first kappa shape index (κ1) is 12.0. The number of hydrogen-bond donors (Lipinski definition) is 2. The van der Waals surface area contributed by atoms with E-state index in [4.69, 9.17) is 15.6 Å².